The molecule has 0 atom stereocenters. The van der Waals surface area contributed by atoms with E-state index < -0.39 is 11.4 Å². The second-order valence-electron chi connectivity index (χ2n) is 1.89. The number of hydrogen-bond donors (Lipinski definition) is 1. The van der Waals surface area contributed by atoms with Gasteiger partial charge in [-0.2, -0.15) is 4.98 Å². The van der Waals surface area contributed by atoms with Gasteiger partial charge in [0.05, 0.1) is 0 Å². The molecule has 0 spiro atoms. The van der Waals surface area contributed by atoms with Crippen molar-refractivity contribution in [2.45, 2.75) is 0 Å². The highest BCUT2D eigenvalue weighted by Crippen LogP contribution is 1.68. The first kappa shape index (κ1) is 7.39. The number of nitrogens with one attached hydrogen (secondary N) is 1. The Morgan fingerprint density at radius 1 is 1.55 bits per heavy atom. The van der Waals surface area contributed by atoms with Gasteiger partial charge in [0.25, 0.3) is 0 Å². The maximum atomic E-state index is 10.7. The third-order valence-corrected chi connectivity index (χ3v) is 1.15. The van der Waals surface area contributed by atoms with E-state index in [0.29, 0.717) is 6.29 Å². The van der Waals surface area contributed by atoms with E-state index in [1.807, 2.05) is 0 Å². The zero-order valence-electron chi connectivity index (χ0n) is 5.70. The van der Waals surface area contributed by atoms with Crippen LogP contribution in [0.4, 0.5) is 0 Å². The molecule has 0 aliphatic heterocycles. The highest BCUT2D eigenvalue weighted by atomic mass is 16.2. The van der Waals surface area contributed by atoms with E-state index in [2.05, 4.69) is 9.97 Å². The van der Waals surface area contributed by atoms with Crippen molar-refractivity contribution in [3.05, 3.63) is 26.8 Å². The summed E-state index contributed by atoms with van der Waals surface area (Å²) in [6, 6.07) is 0. The first-order chi connectivity index (χ1) is 5.15. The third kappa shape index (κ3) is 1.23. The fourth-order valence-electron chi connectivity index (χ4n) is 0.542. The maximum absolute atomic E-state index is 10.7. The molecule has 6 nitrogen and oxygen atoms in total. The highest BCUT2D eigenvalue weighted by molar-refractivity contribution is 5.68. The van der Waals surface area contributed by atoms with Gasteiger partial charge in [0.1, 0.15) is 0 Å². The number of aromatic amines is 1. The van der Waals surface area contributed by atoms with Crippen LogP contribution >= 0.6 is 0 Å². The molecule has 6 heteroatoms. The Labute approximate surface area is 60.5 Å². The van der Waals surface area contributed by atoms with Crippen molar-refractivity contribution in [1.82, 2.24) is 14.5 Å². The SMILES string of the molecule is Cn1c(=O)nc(C=O)[nH]c1=O. The molecule has 0 saturated heterocycles. The summed E-state index contributed by atoms with van der Waals surface area (Å²) >= 11 is 0. The van der Waals surface area contributed by atoms with Gasteiger partial charge in [0.2, 0.25) is 0 Å². The van der Waals surface area contributed by atoms with E-state index in [1.165, 1.54) is 7.05 Å². The van der Waals surface area contributed by atoms with Gasteiger partial charge in [0, 0.05) is 7.05 Å². The molecular formula is C5H5N3O3. The normalized spacial score (nSPS) is 9.55. The van der Waals surface area contributed by atoms with Crippen LogP contribution in [0.25, 0.3) is 0 Å². The van der Waals surface area contributed by atoms with Crippen molar-refractivity contribution >= 4 is 6.29 Å². The van der Waals surface area contributed by atoms with Crippen molar-refractivity contribution in [1.29, 1.82) is 0 Å². The molecule has 0 radical (unpaired) electrons. The molecule has 0 aromatic carbocycles. The first-order valence-corrected chi connectivity index (χ1v) is 2.77. The molecule has 0 unspecified atom stereocenters. The van der Waals surface area contributed by atoms with E-state index in [4.69, 9.17) is 0 Å². The van der Waals surface area contributed by atoms with E-state index in [-0.39, 0.29) is 5.82 Å². The Bertz CT molecular complexity index is 357. The van der Waals surface area contributed by atoms with Crippen LogP contribution in [0.3, 0.4) is 0 Å². The van der Waals surface area contributed by atoms with Gasteiger partial charge in [-0.05, 0) is 0 Å². The van der Waals surface area contributed by atoms with E-state index >= 15 is 0 Å². The molecular weight excluding hydrogens is 150 g/mol. The molecule has 58 valence electrons. The number of H-pyrrole nitrogens is 1. The van der Waals surface area contributed by atoms with Crippen LogP contribution in [-0.4, -0.2) is 20.8 Å². The molecule has 0 aliphatic rings. The summed E-state index contributed by atoms with van der Waals surface area (Å²) in [6.07, 6.45) is 0.308. The molecule has 1 heterocycles. The lowest BCUT2D eigenvalue weighted by molar-refractivity contribution is 0.111. The second kappa shape index (κ2) is 2.49. The predicted molar refractivity (Wildman–Crippen MR) is 35.5 cm³/mol. The van der Waals surface area contributed by atoms with Crippen LogP contribution in [0, 0.1) is 0 Å². The highest BCUT2D eigenvalue weighted by Gasteiger charge is 1.98. The molecule has 1 N–H and O–H groups in total. The van der Waals surface area contributed by atoms with Crippen LogP contribution in [0.1, 0.15) is 10.6 Å². The summed E-state index contributed by atoms with van der Waals surface area (Å²) in [7, 11) is 1.27. The van der Waals surface area contributed by atoms with Crippen LogP contribution in [0.2, 0.25) is 0 Å². The zero-order valence-corrected chi connectivity index (χ0v) is 5.70. The zero-order chi connectivity index (χ0) is 8.43. The van der Waals surface area contributed by atoms with E-state index in [0.717, 1.165) is 4.57 Å². The lowest BCUT2D eigenvalue weighted by Gasteiger charge is -1.92. The topological polar surface area (TPSA) is 84.8 Å². The van der Waals surface area contributed by atoms with Gasteiger partial charge < -0.3 is 0 Å². The minimum Gasteiger partial charge on any atom is -0.294 e. The molecule has 0 fully saturated rings. The van der Waals surface area contributed by atoms with E-state index in [9.17, 15) is 14.4 Å². The van der Waals surface area contributed by atoms with Crippen molar-refractivity contribution in [2.75, 3.05) is 0 Å². The monoisotopic (exact) mass is 155 g/mol. The van der Waals surface area contributed by atoms with Crippen molar-refractivity contribution in [3.63, 3.8) is 0 Å². The van der Waals surface area contributed by atoms with Crippen LogP contribution in [0.5, 0.6) is 0 Å². The molecule has 1 aromatic heterocycles. The van der Waals surface area contributed by atoms with Crippen LogP contribution in [0.15, 0.2) is 9.59 Å². The Hall–Kier alpha value is -1.72. The van der Waals surface area contributed by atoms with Gasteiger partial charge >= 0.3 is 11.4 Å². The second-order valence-corrected chi connectivity index (χ2v) is 1.89. The molecule has 1 rings (SSSR count). The number of aldehydes is 1. The lowest BCUT2D eigenvalue weighted by Crippen LogP contribution is -2.35. The molecule has 0 amide bonds. The Kier molecular flexibility index (Phi) is 1.67. The Balaban J connectivity index is 3.57. The molecule has 0 aliphatic carbocycles. The van der Waals surface area contributed by atoms with E-state index in [1.54, 1.807) is 0 Å². The summed E-state index contributed by atoms with van der Waals surface area (Å²) in [5.41, 5.74) is -1.39. The number of aromatic nitrogens is 3. The van der Waals surface area contributed by atoms with Crippen molar-refractivity contribution in [3.8, 4) is 0 Å². The fourth-order valence-corrected chi connectivity index (χ4v) is 0.542. The van der Waals surface area contributed by atoms with Crippen molar-refractivity contribution < 1.29 is 4.79 Å². The average Bonchev–Trinajstić information content (AvgIpc) is 1.99. The number of carbonyl (C=O) groups is 1. The molecule has 0 bridgehead atoms. The van der Waals surface area contributed by atoms with Gasteiger partial charge in [0.15, 0.2) is 12.1 Å². The van der Waals surface area contributed by atoms with Gasteiger partial charge in [-0.1, -0.05) is 0 Å². The largest absolute Gasteiger partial charge is 0.353 e. The van der Waals surface area contributed by atoms with Crippen LogP contribution < -0.4 is 11.4 Å². The number of nitrogens with zero attached hydrogens (tertiary/aromatic N) is 2. The van der Waals surface area contributed by atoms with Gasteiger partial charge in [-0.25, -0.2) is 14.2 Å². The predicted octanol–water partition coefficient (Wildman–Crippen LogP) is -1.72. The summed E-state index contributed by atoms with van der Waals surface area (Å²) in [4.78, 5) is 36.8. The summed E-state index contributed by atoms with van der Waals surface area (Å²) in [6.45, 7) is 0. The lowest BCUT2D eigenvalue weighted by atomic mass is 10.7. The maximum Gasteiger partial charge on any atom is 0.353 e. The minimum atomic E-state index is -0.740. The molecule has 11 heavy (non-hydrogen) atoms. The third-order valence-electron chi connectivity index (χ3n) is 1.15. The van der Waals surface area contributed by atoms with Gasteiger partial charge in [-0.15, -0.1) is 0 Å². The minimum absolute atomic E-state index is 0.252. The first-order valence-electron chi connectivity index (χ1n) is 2.77. The smallest absolute Gasteiger partial charge is 0.294 e. The van der Waals surface area contributed by atoms with Gasteiger partial charge in [-0.3, -0.25) is 9.78 Å². The number of carbonyl (C=O) groups excluding carboxylic acids is 1. The average molecular weight is 155 g/mol. The summed E-state index contributed by atoms with van der Waals surface area (Å²) in [5.74, 6) is -0.252. The summed E-state index contributed by atoms with van der Waals surface area (Å²) in [5, 5.41) is 0. The van der Waals surface area contributed by atoms with Crippen LogP contribution in [-0.2, 0) is 7.05 Å². The standard InChI is InChI=1S/C5H5N3O3/c1-8-4(10)6-3(2-9)7-5(8)11/h2H,1H3,(H,6,7,10,11). The molecule has 0 saturated carbocycles. The van der Waals surface area contributed by atoms with Crippen molar-refractivity contribution in [2.24, 2.45) is 7.05 Å². The fraction of sp³-hybridized carbons (Fsp3) is 0.200. The Morgan fingerprint density at radius 2 is 2.18 bits per heavy atom. The number of hydrogen-bond acceptors (Lipinski definition) is 4. The Morgan fingerprint density at radius 3 is 2.64 bits per heavy atom. The number of rotatable bonds is 1. The quantitative estimate of drug-likeness (QED) is 0.489. The molecule has 1 aromatic rings. The summed E-state index contributed by atoms with van der Waals surface area (Å²) < 4.78 is 0.771.